The fourth-order valence-electron chi connectivity index (χ4n) is 1.71. The minimum absolute atomic E-state index is 0.398. The van der Waals surface area contributed by atoms with Gasteiger partial charge in [-0.2, -0.15) is 0 Å². The Morgan fingerprint density at radius 2 is 2.16 bits per heavy atom. The molecule has 0 aliphatic carbocycles. The molecule has 0 fully saturated rings. The Morgan fingerprint density at radius 3 is 2.84 bits per heavy atom. The predicted octanol–water partition coefficient (Wildman–Crippen LogP) is 3.35. The number of hydrogen-bond acceptors (Lipinski definition) is 4. The molecule has 0 aliphatic rings. The first-order valence-electron chi connectivity index (χ1n) is 5.90. The van der Waals surface area contributed by atoms with E-state index >= 15 is 0 Å². The van der Waals surface area contributed by atoms with Crippen molar-refractivity contribution in [3.05, 3.63) is 46.3 Å². The maximum atomic E-state index is 5.74. The van der Waals surface area contributed by atoms with Crippen molar-refractivity contribution in [1.82, 2.24) is 5.32 Å². The number of benzene rings is 1. The van der Waals surface area contributed by atoms with Crippen molar-refractivity contribution in [3.63, 3.8) is 0 Å². The normalized spacial score (nSPS) is 10.5. The molecule has 0 atom stereocenters. The zero-order valence-electron chi connectivity index (χ0n) is 10.9. The van der Waals surface area contributed by atoms with Crippen LogP contribution in [0.4, 0.5) is 0 Å². The van der Waals surface area contributed by atoms with Crippen molar-refractivity contribution in [2.24, 2.45) is 0 Å². The summed E-state index contributed by atoms with van der Waals surface area (Å²) in [5.41, 5.74) is 1.10. The standard InChI is InChI=1S/C14H16BrNO3/c1-16-8-10-5-6-18-14(10)9-19-13-4-3-11(17-2)7-12(13)15/h3-7,16H,8-9H2,1-2H3. The van der Waals surface area contributed by atoms with Crippen LogP contribution in [0.25, 0.3) is 0 Å². The Kier molecular flexibility index (Phi) is 4.87. The highest BCUT2D eigenvalue weighted by molar-refractivity contribution is 9.10. The summed E-state index contributed by atoms with van der Waals surface area (Å²) >= 11 is 3.45. The van der Waals surface area contributed by atoms with Crippen molar-refractivity contribution in [3.8, 4) is 11.5 Å². The van der Waals surface area contributed by atoms with Gasteiger partial charge in [-0.15, -0.1) is 0 Å². The van der Waals surface area contributed by atoms with E-state index in [1.165, 1.54) is 0 Å². The van der Waals surface area contributed by atoms with Gasteiger partial charge >= 0.3 is 0 Å². The van der Waals surface area contributed by atoms with Crippen molar-refractivity contribution in [2.75, 3.05) is 14.2 Å². The van der Waals surface area contributed by atoms with Gasteiger partial charge in [0.25, 0.3) is 0 Å². The quantitative estimate of drug-likeness (QED) is 0.884. The highest BCUT2D eigenvalue weighted by Crippen LogP contribution is 2.30. The lowest BCUT2D eigenvalue weighted by atomic mass is 10.2. The van der Waals surface area contributed by atoms with Crippen molar-refractivity contribution >= 4 is 15.9 Å². The molecule has 1 N–H and O–H groups in total. The summed E-state index contributed by atoms with van der Waals surface area (Å²) < 4.78 is 17.2. The summed E-state index contributed by atoms with van der Waals surface area (Å²) in [4.78, 5) is 0. The molecule has 102 valence electrons. The SMILES string of the molecule is CNCc1ccoc1COc1ccc(OC)cc1Br. The molecule has 0 saturated heterocycles. The molecule has 0 bridgehead atoms. The lowest BCUT2D eigenvalue weighted by molar-refractivity contribution is 0.266. The first-order valence-corrected chi connectivity index (χ1v) is 6.70. The molecule has 0 radical (unpaired) electrons. The number of halogens is 1. The highest BCUT2D eigenvalue weighted by atomic mass is 79.9. The number of rotatable bonds is 6. The van der Waals surface area contributed by atoms with Crippen LogP contribution in [0.3, 0.4) is 0 Å². The van der Waals surface area contributed by atoms with E-state index in [2.05, 4.69) is 21.2 Å². The van der Waals surface area contributed by atoms with Gasteiger partial charge in [0, 0.05) is 12.1 Å². The number of hydrogen-bond donors (Lipinski definition) is 1. The molecule has 1 aromatic heterocycles. The van der Waals surface area contributed by atoms with Crippen molar-refractivity contribution in [2.45, 2.75) is 13.2 Å². The van der Waals surface area contributed by atoms with Crippen LogP contribution in [0, 0.1) is 0 Å². The van der Waals surface area contributed by atoms with E-state index in [4.69, 9.17) is 13.9 Å². The van der Waals surface area contributed by atoms with Crippen LogP contribution in [-0.2, 0) is 13.2 Å². The second kappa shape index (κ2) is 6.63. The molecule has 0 saturated carbocycles. The summed E-state index contributed by atoms with van der Waals surface area (Å²) in [6.07, 6.45) is 1.68. The number of nitrogens with one attached hydrogen (secondary N) is 1. The van der Waals surface area contributed by atoms with E-state index in [1.807, 2.05) is 31.3 Å². The molecular formula is C14H16BrNO3. The van der Waals surface area contributed by atoms with Crippen LogP contribution in [-0.4, -0.2) is 14.2 Å². The predicted molar refractivity (Wildman–Crippen MR) is 76.5 cm³/mol. The van der Waals surface area contributed by atoms with Gasteiger partial charge in [0.2, 0.25) is 0 Å². The first-order chi connectivity index (χ1) is 9.24. The average Bonchev–Trinajstić information content (AvgIpc) is 2.85. The monoisotopic (exact) mass is 325 g/mol. The molecule has 1 heterocycles. The Hall–Kier alpha value is -1.46. The lowest BCUT2D eigenvalue weighted by Gasteiger charge is -2.09. The summed E-state index contributed by atoms with van der Waals surface area (Å²) in [5, 5.41) is 3.09. The second-order valence-corrected chi connectivity index (χ2v) is 4.84. The van der Waals surface area contributed by atoms with Gasteiger partial charge < -0.3 is 19.2 Å². The minimum Gasteiger partial charge on any atom is -0.497 e. The molecule has 1 aromatic carbocycles. The fourth-order valence-corrected chi connectivity index (χ4v) is 2.18. The van der Waals surface area contributed by atoms with E-state index in [9.17, 15) is 0 Å². The molecule has 0 aliphatic heterocycles. The van der Waals surface area contributed by atoms with Crippen molar-refractivity contribution in [1.29, 1.82) is 0 Å². The summed E-state index contributed by atoms with van der Waals surface area (Å²) in [6.45, 7) is 1.16. The Bertz CT molecular complexity index is 539. The fraction of sp³-hybridized carbons (Fsp3) is 0.286. The lowest BCUT2D eigenvalue weighted by Crippen LogP contribution is -2.07. The maximum Gasteiger partial charge on any atom is 0.146 e. The third-order valence-corrected chi connectivity index (χ3v) is 3.32. The van der Waals surface area contributed by atoms with E-state index < -0.39 is 0 Å². The summed E-state index contributed by atoms with van der Waals surface area (Å²) in [6, 6.07) is 7.53. The molecule has 0 spiro atoms. The van der Waals surface area contributed by atoms with Crippen LogP contribution in [0.15, 0.2) is 39.4 Å². The van der Waals surface area contributed by atoms with Gasteiger partial charge in [-0.3, -0.25) is 0 Å². The van der Waals surface area contributed by atoms with Crippen LogP contribution in [0.1, 0.15) is 11.3 Å². The van der Waals surface area contributed by atoms with Gasteiger partial charge in [0.1, 0.15) is 23.9 Å². The minimum atomic E-state index is 0.398. The molecular weight excluding hydrogens is 310 g/mol. The highest BCUT2D eigenvalue weighted by Gasteiger charge is 2.08. The smallest absolute Gasteiger partial charge is 0.146 e. The summed E-state index contributed by atoms with van der Waals surface area (Å²) in [5.74, 6) is 2.37. The Labute approximate surface area is 120 Å². The first kappa shape index (κ1) is 14.0. The largest absolute Gasteiger partial charge is 0.497 e. The van der Waals surface area contributed by atoms with E-state index in [0.717, 1.165) is 33.8 Å². The number of methoxy groups -OCH3 is 1. The van der Waals surface area contributed by atoms with Gasteiger partial charge in [-0.05, 0) is 47.2 Å². The van der Waals surface area contributed by atoms with E-state index in [1.54, 1.807) is 13.4 Å². The average molecular weight is 326 g/mol. The van der Waals surface area contributed by atoms with E-state index in [0.29, 0.717) is 6.61 Å². The zero-order valence-corrected chi connectivity index (χ0v) is 12.5. The van der Waals surface area contributed by atoms with Crippen LogP contribution in [0.5, 0.6) is 11.5 Å². The molecule has 19 heavy (non-hydrogen) atoms. The Morgan fingerprint density at radius 1 is 1.32 bits per heavy atom. The molecule has 4 nitrogen and oxygen atoms in total. The van der Waals surface area contributed by atoms with E-state index in [-0.39, 0.29) is 0 Å². The summed E-state index contributed by atoms with van der Waals surface area (Å²) in [7, 11) is 3.53. The maximum absolute atomic E-state index is 5.74. The zero-order chi connectivity index (χ0) is 13.7. The molecule has 5 heteroatoms. The van der Waals surface area contributed by atoms with Crippen molar-refractivity contribution < 1.29 is 13.9 Å². The number of ether oxygens (including phenoxy) is 2. The second-order valence-electron chi connectivity index (χ2n) is 3.98. The van der Waals surface area contributed by atoms with Gasteiger partial charge in [-0.1, -0.05) is 0 Å². The van der Waals surface area contributed by atoms with Gasteiger partial charge in [0.05, 0.1) is 17.8 Å². The molecule has 2 rings (SSSR count). The molecule has 0 amide bonds. The van der Waals surface area contributed by atoms with Crippen LogP contribution < -0.4 is 14.8 Å². The van der Waals surface area contributed by atoms with Crippen LogP contribution in [0.2, 0.25) is 0 Å². The van der Waals surface area contributed by atoms with Gasteiger partial charge in [-0.25, -0.2) is 0 Å². The topological polar surface area (TPSA) is 43.6 Å². The van der Waals surface area contributed by atoms with Gasteiger partial charge in [0.15, 0.2) is 0 Å². The molecule has 2 aromatic rings. The number of furan rings is 1. The van der Waals surface area contributed by atoms with Crippen LogP contribution >= 0.6 is 15.9 Å². The molecule has 0 unspecified atom stereocenters. The third-order valence-electron chi connectivity index (χ3n) is 2.70. The third kappa shape index (κ3) is 3.52. The Balaban J connectivity index is 2.04.